The van der Waals surface area contributed by atoms with E-state index in [0.29, 0.717) is 39.3 Å². The lowest BCUT2D eigenvalue weighted by atomic mass is 9.96. The summed E-state index contributed by atoms with van der Waals surface area (Å²) in [5.74, 6) is 0.352. The molecule has 1 amide bonds. The molecule has 8 heteroatoms. The number of aromatic nitrogens is 2. The van der Waals surface area contributed by atoms with E-state index in [1.54, 1.807) is 18.5 Å². The Morgan fingerprint density at radius 3 is 2.58 bits per heavy atom. The fourth-order valence-electron chi connectivity index (χ4n) is 4.25. The molecule has 0 radical (unpaired) electrons. The van der Waals surface area contributed by atoms with Gasteiger partial charge in [0.15, 0.2) is 0 Å². The number of fused-ring (bicyclic) bond motifs is 1. The molecular weight excluding hydrogens is 397 g/mol. The number of nitrogens with zero attached hydrogens (tertiary/aromatic N) is 4. The zero-order valence-electron chi connectivity index (χ0n) is 18.3. The average molecular weight is 428 g/mol. The number of carbonyl (C=O) groups excluding carboxylic acids is 1. The van der Waals surface area contributed by atoms with Crippen molar-refractivity contribution in [2.75, 3.05) is 37.6 Å². The van der Waals surface area contributed by atoms with Crippen LogP contribution in [-0.2, 0) is 16.1 Å². The Bertz CT molecular complexity index is 913. The summed E-state index contributed by atoms with van der Waals surface area (Å²) in [5.41, 5.74) is 2.85. The predicted octanol–water partition coefficient (Wildman–Crippen LogP) is 2.64. The van der Waals surface area contributed by atoms with Crippen LogP contribution in [-0.4, -0.2) is 59.5 Å². The Morgan fingerprint density at radius 2 is 1.90 bits per heavy atom. The number of amides is 1. The average Bonchev–Trinajstić information content (AvgIpc) is 3.16. The highest BCUT2D eigenvalue weighted by Crippen LogP contribution is 2.35. The van der Waals surface area contributed by atoms with Gasteiger partial charge in [0.05, 0.1) is 24.3 Å². The first-order valence-electron chi connectivity index (χ1n) is 10.9. The molecule has 1 aromatic carbocycles. The lowest BCUT2D eigenvalue weighted by Gasteiger charge is -2.38. The van der Waals surface area contributed by atoms with Crippen molar-refractivity contribution in [2.45, 2.75) is 45.4 Å². The van der Waals surface area contributed by atoms with Crippen LogP contribution in [0, 0.1) is 5.82 Å². The largest absolute Gasteiger partial charge is 0.367 e. The SMILES string of the molecule is CC(C)NCC(C(=O)N1CCN(c2ncnc3c2[C@H](C)OC3)CC1)c1ccc(F)cc1. The molecule has 1 saturated heterocycles. The summed E-state index contributed by atoms with van der Waals surface area (Å²) in [5, 5.41) is 3.36. The molecule has 2 aliphatic rings. The number of carbonyl (C=O) groups is 1. The van der Waals surface area contributed by atoms with Gasteiger partial charge >= 0.3 is 0 Å². The molecule has 0 bridgehead atoms. The van der Waals surface area contributed by atoms with E-state index in [1.165, 1.54) is 12.1 Å². The molecule has 166 valence electrons. The number of anilines is 1. The number of hydrogen-bond donors (Lipinski definition) is 1. The van der Waals surface area contributed by atoms with Crippen molar-refractivity contribution < 1.29 is 13.9 Å². The first kappa shape index (κ1) is 21.6. The van der Waals surface area contributed by atoms with Gasteiger partial charge in [-0.05, 0) is 24.6 Å². The van der Waals surface area contributed by atoms with Gasteiger partial charge in [0.25, 0.3) is 0 Å². The lowest BCUT2D eigenvalue weighted by molar-refractivity contribution is -0.133. The number of ether oxygens (including phenoxy) is 1. The van der Waals surface area contributed by atoms with Crippen molar-refractivity contribution in [2.24, 2.45) is 0 Å². The number of rotatable bonds is 6. The summed E-state index contributed by atoms with van der Waals surface area (Å²) in [4.78, 5) is 26.4. The van der Waals surface area contributed by atoms with Crippen LogP contribution in [0.5, 0.6) is 0 Å². The van der Waals surface area contributed by atoms with E-state index in [-0.39, 0.29) is 29.8 Å². The minimum absolute atomic E-state index is 0.0178. The van der Waals surface area contributed by atoms with E-state index in [0.717, 1.165) is 22.6 Å². The van der Waals surface area contributed by atoms with Gasteiger partial charge in [0, 0.05) is 44.3 Å². The number of benzene rings is 1. The zero-order chi connectivity index (χ0) is 22.0. The Labute approximate surface area is 182 Å². The van der Waals surface area contributed by atoms with Crippen LogP contribution in [0.4, 0.5) is 10.2 Å². The van der Waals surface area contributed by atoms with Crippen LogP contribution in [0.2, 0.25) is 0 Å². The summed E-state index contributed by atoms with van der Waals surface area (Å²) in [6, 6.07) is 6.52. The fraction of sp³-hybridized carbons (Fsp3) is 0.522. The highest BCUT2D eigenvalue weighted by Gasteiger charge is 2.32. The minimum Gasteiger partial charge on any atom is -0.367 e. The standard InChI is InChI=1S/C23H30FN5O2/c1-15(2)25-12-19(17-4-6-18(24)7-5-17)23(30)29-10-8-28(9-11-29)22-21-16(3)31-13-20(21)26-14-27-22/h4-7,14-16,19,25H,8-13H2,1-3H3/t16-,19?/m0/s1. The normalized spacial score (nSPS) is 19.6. The van der Waals surface area contributed by atoms with Crippen molar-refractivity contribution in [3.05, 3.63) is 53.2 Å². The summed E-state index contributed by atoms with van der Waals surface area (Å²) in [7, 11) is 0. The maximum absolute atomic E-state index is 13.4. The Kier molecular flexibility index (Phi) is 6.48. The minimum atomic E-state index is -0.341. The van der Waals surface area contributed by atoms with Gasteiger partial charge in [-0.15, -0.1) is 0 Å². The number of nitrogens with one attached hydrogen (secondary N) is 1. The molecule has 2 aromatic rings. The molecule has 31 heavy (non-hydrogen) atoms. The Balaban J connectivity index is 1.46. The van der Waals surface area contributed by atoms with Crippen molar-refractivity contribution >= 4 is 11.7 Å². The summed E-state index contributed by atoms with van der Waals surface area (Å²) >= 11 is 0. The fourth-order valence-corrected chi connectivity index (χ4v) is 4.25. The first-order chi connectivity index (χ1) is 14.9. The second-order valence-electron chi connectivity index (χ2n) is 8.49. The molecule has 1 N–H and O–H groups in total. The van der Waals surface area contributed by atoms with Gasteiger partial charge in [0.2, 0.25) is 5.91 Å². The Morgan fingerprint density at radius 1 is 1.19 bits per heavy atom. The van der Waals surface area contributed by atoms with Gasteiger partial charge in [0.1, 0.15) is 18.0 Å². The highest BCUT2D eigenvalue weighted by atomic mass is 19.1. The lowest BCUT2D eigenvalue weighted by Crippen LogP contribution is -2.51. The van der Waals surface area contributed by atoms with E-state index in [9.17, 15) is 9.18 Å². The van der Waals surface area contributed by atoms with Gasteiger partial charge < -0.3 is 19.9 Å². The highest BCUT2D eigenvalue weighted by molar-refractivity contribution is 5.84. The molecular formula is C23H30FN5O2. The summed E-state index contributed by atoms with van der Waals surface area (Å²) in [6.45, 7) is 9.81. The molecule has 2 aliphatic heterocycles. The number of hydrogen-bond acceptors (Lipinski definition) is 6. The Hall–Kier alpha value is -2.58. The first-order valence-corrected chi connectivity index (χ1v) is 10.9. The summed E-state index contributed by atoms with van der Waals surface area (Å²) < 4.78 is 19.1. The van der Waals surface area contributed by atoms with Crippen LogP contribution >= 0.6 is 0 Å². The number of piperazine rings is 1. The molecule has 1 aromatic heterocycles. The second kappa shape index (κ2) is 9.28. The van der Waals surface area contributed by atoms with Crippen LogP contribution in [0.25, 0.3) is 0 Å². The maximum Gasteiger partial charge on any atom is 0.231 e. The molecule has 1 fully saturated rings. The second-order valence-corrected chi connectivity index (χ2v) is 8.49. The number of halogens is 1. The maximum atomic E-state index is 13.4. The smallest absolute Gasteiger partial charge is 0.231 e. The molecule has 3 heterocycles. The van der Waals surface area contributed by atoms with E-state index in [4.69, 9.17) is 4.74 Å². The van der Waals surface area contributed by atoms with Gasteiger partial charge in [-0.2, -0.15) is 0 Å². The van der Waals surface area contributed by atoms with Crippen LogP contribution in [0.3, 0.4) is 0 Å². The molecule has 0 saturated carbocycles. The van der Waals surface area contributed by atoms with Crippen molar-refractivity contribution in [3.8, 4) is 0 Å². The van der Waals surface area contributed by atoms with Crippen LogP contribution < -0.4 is 10.2 Å². The van der Waals surface area contributed by atoms with E-state index >= 15 is 0 Å². The van der Waals surface area contributed by atoms with Crippen LogP contribution in [0.1, 0.15) is 49.6 Å². The van der Waals surface area contributed by atoms with E-state index in [2.05, 4.69) is 34.0 Å². The third-order valence-corrected chi connectivity index (χ3v) is 6.01. The third kappa shape index (κ3) is 4.70. The van der Waals surface area contributed by atoms with E-state index < -0.39 is 0 Å². The molecule has 4 rings (SSSR count). The molecule has 0 spiro atoms. The molecule has 2 atom stereocenters. The van der Waals surface area contributed by atoms with E-state index in [1.807, 2.05) is 11.8 Å². The van der Waals surface area contributed by atoms with Gasteiger partial charge in [-0.1, -0.05) is 26.0 Å². The molecule has 1 unspecified atom stereocenters. The topological polar surface area (TPSA) is 70.6 Å². The predicted molar refractivity (Wildman–Crippen MR) is 116 cm³/mol. The monoisotopic (exact) mass is 427 g/mol. The van der Waals surface area contributed by atoms with Crippen molar-refractivity contribution in [1.82, 2.24) is 20.2 Å². The molecule has 7 nitrogen and oxygen atoms in total. The summed E-state index contributed by atoms with van der Waals surface area (Å²) in [6.07, 6.45) is 1.57. The quantitative estimate of drug-likeness (QED) is 0.764. The molecule has 0 aliphatic carbocycles. The van der Waals surface area contributed by atoms with Gasteiger partial charge in [-0.25, -0.2) is 14.4 Å². The zero-order valence-corrected chi connectivity index (χ0v) is 18.3. The van der Waals surface area contributed by atoms with Gasteiger partial charge in [-0.3, -0.25) is 4.79 Å². The van der Waals surface area contributed by atoms with Crippen LogP contribution in [0.15, 0.2) is 30.6 Å². The van der Waals surface area contributed by atoms with Crippen molar-refractivity contribution in [3.63, 3.8) is 0 Å². The van der Waals surface area contributed by atoms with Crippen molar-refractivity contribution in [1.29, 1.82) is 0 Å². The third-order valence-electron chi connectivity index (χ3n) is 6.01.